The predicted molar refractivity (Wildman–Crippen MR) is 178 cm³/mol. The highest BCUT2D eigenvalue weighted by atomic mass is 15.1. The number of allylic oxidation sites excluding steroid dienone is 8. The largest absolute Gasteiger partial charge is 0.357 e. The Morgan fingerprint density at radius 2 is 1.88 bits per heavy atom. The first-order valence-corrected chi connectivity index (χ1v) is 14.3. The van der Waals surface area contributed by atoms with Crippen LogP contribution in [0.2, 0.25) is 0 Å². The number of aryl methyl sites for hydroxylation is 2. The monoisotopic (exact) mass is 552 g/mol. The number of rotatable bonds is 12. The highest BCUT2D eigenvalue weighted by molar-refractivity contribution is 5.75. The molecule has 0 bridgehead atoms. The summed E-state index contributed by atoms with van der Waals surface area (Å²) in [4.78, 5) is 10.1. The number of nitrogens with one attached hydrogen (secondary N) is 2. The van der Waals surface area contributed by atoms with Crippen LogP contribution in [0.5, 0.6) is 0 Å². The van der Waals surface area contributed by atoms with Crippen LogP contribution in [0.1, 0.15) is 57.5 Å². The van der Waals surface area contributed by atoms with Gasteiger partial charge in [0, 0.05) is 22.7 Å². The Morgan fingerprint density at radius 1 is 1.15 bits per heavy atom. The molecule has 218 valence electrons. The fraction of sp³-hybridized carbons (Fsp3) is 0.314. The summed E-state index contributed by atoms with van der Waals surface area (Å²) >= 11 is 0. The van der Waals surface area contributed by atoms with Crippen LogP contribution in [0.3, 0.4) is 0 Å². The molecule has 6 nitrogen and oxygen atoms in total. The molecule has 3 aromatic heterocycles. The van der Waals surface area contributed by atoms with E-state index in [1.54, 1.807) is 6.08 Å². The lowest BCUT2D eigenvalue weighted by Crippen LogP contribution is -2.23. The van der Waals surface area contributed by atoms with Gasteiger partial charge in [0.05, 0.1) is 28.8 Å². The molecule has 2 N–H and O–H groups in total. The van der Waals surface area contributed by atoms with Crippen molar-refractivity contribution in [3.63, 3.8) is 0 Å². The van der Waals surface area contributed by atoms with Gasteiger partial charge in [-0.25, -0.2) is 4.98 Å². The summed E-state index contributed by atoms with van der Waals surface area (Å²) in [5, 5.41) is 9.82. The Labute approximate surface area is 246 Å². The minimum atomic E-state index is 0.840. The standard InChI is InChI=1S/C33H42N6.C2H6/c1-10-15-32(39-21-24(6)34-22-39)28-20-31(35-25(28)7)33-29(30(13-4)36-37-33)18-23(5)27(12-3)19-26(11-2)16-14-17-38(8)9;1-2/h10-13,15,18-22,35-36H,1-2,5,14,16-17H2,3-4,6-9H3;1-2H3/b26-19+,27-12+,29-18+,30-13+,32-15+;. The van der Waals surface area contributed by atoms with Crippen LogP contribution in [0.15, 0.2) is 85.4 Å². The predicted octanol–water partition coefficient (Wildman–Crippen LogP) is 6.86. The third-order valence-corrected chi connectivity index (χ3v) is 6.61. The molecule has 0 radical (unpaired) electrons. The van der Waals surface area contributed by atoms with Crippen molar-refractivity contribution in [2.75, 3.05) is 20.6 Å². The van der Waals surface area contributed by atoms with Gasteiger partial charge in [-0.2, -0.15) is 5.10 Å². The van der Waals surface area contributed by atoms with E-state index < -0.39 is 0 Å². The molecule has 0 aliphatic rings. The van der Waals surface area contributed by atoms with E-state index in [0.29, 0.717) is 0 Å². The Morgan fingerprint density at radius 3 is 2.44 bits per heavy atom. The zero-order chi connectivity index (χ0) is 30.5. The molecule has 0 aliphatic carbocycles. The Hall–Kier alpha value is -4.16. The fourth-order valence-corrected chi connectivity index (χ4v) is 4.52. The van der Waals surface area contributed by atoms with Gasteiger partial charge in [-0.15, -0.1) is 0 Å². The van der Waals surface area contributed by atoms with Gasteiger partial charge in [-0.05, 0) is 96.1 Å². The number of imidazole rings is 1. The number of aromatic amines is 2. The molecule has 6 heteroatoms. The quantitative estimate of drug-likeness (QED) is 0.241. The summed E-state index contributed by atoms with van der Waals surface area (Å²) in [5.41, 5.74) is 8.99. The van der Waals surface area contributed by atoms with Crippen molar-refractivity contribution in [3.05, 3.63) is 113 Å². The van der Waals surface area contributed by atoms with Crippen molar-refractivity contribution >= 4 is 17.8 Å². The summed E-state index contributed by atoms with van der Waals surface area (Å²) in [6, 6.07) is 2.13. The Kier molecular flexibility index (Phi) is 13.0. The molecular formula is C35H48N6. The highest BCUT2D eigenvalue weighted by Gasteiger charge is 2.15. The molecule has 0 saturated carbocycles. The third-order valence-electron chi connectivity index (χ3n) is 6.61. The maximum absolute atomic E-state index is 4.69. The minimum absolute atomic E-state index is 0.840. The van der Waals surface area contributed by atoms with Crippen molar-refractivity contribution in [3.8, 4) is 11.4 Å². The Bertz CT molecular complexity index is 1550. The summed E-state index contributed by atoms with van der Waals surface area (Å²) in [6.45, 7) is 25.5. The van der Waals surface area contributed by atoms with Crippen LogP contribution >= 0.6 is 0 Å². The van der Waals surface area contributed by atoms with Gasteiger partial charge in [-0.1, -0.05) is 64.0 Å². The summed E-state index contributed by atoms with van der Waals surface area (Å²) < 4.78 is 2.02. The van der Waals surface area contributed by atoms with Gasteiger partial charge in [-0.3, -0.25) is 5.10 Å². The van der Waals surface area contributed by atoms with Crippen molar-refractivity contribution in [2.45, 2.75) is 54.4 Å². The first kappa shape index (κ1) is 33.0. The molecule has 0 saturated heterocycles. The van der Waals surface area contributed by atoms with E-state index in [9.17, 15) is 0 Å². The van der Waals surface area contributed by atoms with Crippen molar-refractivity contribution in [1.82, 2.24) is 29.6 Å². The van der Waals surface area contributed by atoms with E-state index in [1.807, 2.05) is 69.9 Å². The average Bonchev–Trinajstić information content (AvgIpc) is 3.68. The van der Waals surface area contributed by atoms with Crippen LogP contribution in [-0.4, -0.2) is 50.3 Å². The summed E-state index contributed by atoms with van der Waals surface area (Å²) in [6.07, 6.45) is 20.0. The van der Waals surface area contributed by atoms with Gasteiger partial charge in [0.2, 0.25) is 0 Å². The van der Waals surface area contributed by atoms with Crippen LogP contribution in [0, 0.1) is 13.8 Å². The van der Waals surface area contributed by atoms with Crippen molar-refractivity contribution < 1.29 is 0 Å². The lowest BCUT2D eigenvalue weighted by molar-refractivity contribution is 0.400. The van der Waals surface area contributed by atoms with Crippen LogP contribution in [-0.2, 0) is 0 Å². The summed E-state index contributed by atoms with van der Waals surface area (Å²) in [7, 11) is 4.19. The summed E-state index contributed by atoms with van der Waals surface area (Å²) in [5.74, 6) is 0. The molecule has 0 atom stereocenters. The maximum atomic E-state index is 4.69. The lowest BCUT2D eigenvalue weighted by atomic mass is 10.00. The first-order valence-electron chi connectivity index (χ1n) is 14.3. The van der Waals surface area contributed by atoms with Gasteiger partial charge >= 0.3 is 0 Å². The smallest absolute Gasteiger partial charge is 0.116 e. The van der Waals surface area contributed by atoms with E-state index in [2.05, 4.69) is 85.0 Å². The topological polar surface area (TPSA) is 65.5 Å². The van der Waals surface area contributed by atoms with E-state index >= 15 is 0 Å². The van der Waals surface area contributed by atoms with E-state index in [-0.39, 0.29) is 0 Å². The molecule has 0 unspecified atom stereocenters. The molecule has 0 spiro atoms. The van der Waals surface area contributed by atoms with Gasteiger partial charge < -0.3 is 14.5 Å². The van der Waals surface area contributed by atoms with Crippen LogP contribution in [0.4, 0.5) is 0 Å². The van der Waals surface area contributed by atoms with Gasteiger partial charge in [0.25, 0.3) is 0 Å². The molecule has 0 fully saturated rings. The number of H-pyrrole nitrogens is 2. The molecule has 0 aliphatic heterocycles. The Balaban J connectivity index is 0.00000287. The fourth-order valence-electron chi connectivity index (χ4n) is 4.52. The van der Waals surface area contributed by atoms with E-state index in [0.717, 1.165) is 75.1 Å². The molecule has 3 aromatic rings. The highest BCUT2D eigenvalue weighted by Crippen LogP contribution is 2.26. The molecule has 0 aromatic carbocycles. The number of nitrogens with zero attached hydrogens (tertiary/aromatic N) is 4. The second-order valence-corrected chi connectivity index (χ2v) is 9.86. The molecule has 41 heavy (non-hydrogen) atoms. The van der Waals surface area contributed by atoms with Crippen molar-refractivity contribution in [1.29, 1.82) is 0 Å². The van der Waals surface area contributed by atoms with Crippen LogP contribution < -0.4 is 10.6 Å². The third kappa shape index (κ3) is 8.66. The average molecular weight is 553 g/mol. The van der Waals surface area contributed by atoms with E-state index in [4.69, 9.17) is 5.10 Å². The first-order chi connectivity index (χ1) is 19.7. The zero-order valence-corrected chi connectivity index (χ0v) is 26.3. The molecule has 3 rings (SSSR count). The number of hydrogen-bond donors (Lipinski definition) is 2. The van der Waals surface area contributed by atoms with Gasteiger partial charge in [0.15, 0.2) is 0 Å². The second kappa shape index (κ2) is 16.2. The second-order valence-electron chi connectivity index (χ2n) is 9.86. The normalized spacial score (nSPS) is 13.4. The lowest BCUT2D eigenvalue weighted by Gasteiger charge is -2.10. The van der Waals surface area contributed by atoms with E-state index in [1.165, 1.54) is 5.57 Å². The SMILES string of the molecule is C=C/C=C(\c1cc(-c2n[nH]c(=C/C)/c2=C\C(=C)C(/C=C(\C=C)CCCN(C)C)=C/C)[nH]c1C)n1cnc(C)c1.CC. The molecular weight excluding hydrogens is 504 g/mol. The van der Waals surface area contributed by atoms with Gasteiger partial charge in [0.1, 0.15) is 5.69 Å². The number of aromatic nitrogens is 5. The molecule has 3 heterocycles. The molecule has 0 amide bonds. The van der Waals surface area contributed by atoms with Crippen LogP contribution in [0.25, 0.3) is 29.2 Å². The number of hydrogen-bond acceptors (Lipinski definition) is 3. The zero-order valence-electron chi connectivity index (χ0n) is 26.3. The maximum Gasteiger partial charge on any atom is 0.116 e. The minimum Gasteiger partial charge on any atom is -0.357 e. The van der Waals surface area contributed by atoms with Crippen molar-refractivity contribution in [2.24, 2.45) is 0 Å².